The molecule has 1 amide bonds. The number of rotatable bonds is 3. The summed E-state index contributed by atoms with van der Waals surface area (Å²) in [5, 5.41) is 2.59. The zero-order valence-electron chi connectivity index (χ0n) is 10.4. The molecule has 6 heteroatoms. The summed E-state index contributed by atoms with van der Waals surface area (Å²) in [5.74, 6) is -0.916. The van der Waals surface area contributed by atoms with E-state index in [1.807, 2.05) is 0 Å². The minimum absolute atomic E-state index is 0.368. The number of carbonyl (C=O) groups is 2. The van der Waals surface area contributed by atoms with Crippen LogP contribution in [0.15, 0.2) is 22.7 Å². The second kappa shape index (κ2) is 5.39. The molecule has 0 aliphatic carbocycles. The van der Waals surface area contributed by atoms with Gasteiger partial charge < -0.3 is 15.8 Å². The van der Waals surface area contributed by atoms with E-state index in [-0.39, 0.29) is 0 Å². The molecule has 0 spiro atoms. The molecule has 1 aromatic rings. The van der Waals surface area contributed by atoms with Crippen LogP contribution >= 0.6 is 15.9 Å². The number of nitrogen functional groups attached to an aromatic ring is 1. The van der Waals surface area contributed by atoms with E-state index in [2.05, 4.69) is 26.0 Å². The van der Waals surface area contributed by atoms with Gasteiger partial charge in [-0.05, 0) is 48.0 Å². The molecule has 0 saturated carbocycles. The number of amides is 1. The van der Waals surface area contributed by atoms with Crippen molar-refractivity contribution in [2.24, 2.45) is 0 Å². The third-order valence-electron chi connectivity index (χ3n) is 2.36. The first-order chi connectivity index (χ1) is 8.27. The van der Waals surface area contributed by atoms with Crippen molar-refractivity contribution in [2.45, 2.75) is 19.4 Å². The molecule has 0 unspecified atom stereocenters. The van der Waals surface area contributed by atoms with E-state index in [9.17, 15) is 9.59 Å². The molecule has 0 aliphatic heterocycles. The summed E-state index contributed by atoms with van der Waals surface area (Å²) in [5.41, 5.74) is 5.36. The summed E-state index contributed by atoms with van der Waals surface area (Å²) >= 11 is 3.26. The lowest BCUT2D eigenvalue weighted by Gasteiger charge is -2.23. The van der Waals surface area contributed by atoms with E-state index < -0.39 is 17.4 Å². The van der Waals surface area contributed by atoms with E-state index in [0.717, 1.165) is 0 Å². The maximum Gasteiger partial charge on any atom is 0.330 e. The predicted octanol–water partition coefficient (Wildman–Crippen LogP) is 1.71. The van der Waals surface area contributed by atoms with Gasteiger partial charge in [-0.25, -0.2) is 4.79 Å². The van der Waals surface area contributed by atoms with Crippen molar-refractivity contribution in [2.75, 3.05) is 12.8 Å². The molecule has 0 radical (unpaired) electrons. The van der Waals surface area contributed by atoms with E-state index >= 15 is 0 Å². The van der Waals surface area contributed by atoms with Gasteiger partial charge in [0.1, 0.15) is 5.54 Å². The molecule has 0 heterocycles. The lowest BCUT2D eigenvalue weighted by Crippen LogP contribution is -2.50. The number of nitrogens with one attached hydrogen (secondary N) is 1. The number of hydrogen-bond donors (Lipinski definition) is 2. The fourth-order valence-corrected chi connectivity index (χ4v) is 1.80. The number of benzene rings is 1. The van der Waals surface area contributed by atoms with Gasteiger partial charge >= 0.3 is 5.97 Å². The number of hydrogen-bond acceptors (Lipinski definition) is 4. The zero-order chi connectivity index (χ0) is 13.9. The van der Waals surface area contributed by atoms with Gasteiger partial charge in [0.15, 0.2) is 0 Å². The average molecular weight is 315 g/mol. The average Bonchev–Trinajstić information content (AvgIpc) is 2.30. The topological polar surface area (TPSA) is 81.4 Å². The lowest BCUT2D eigenvalue weighted by molar-refractivity contribution is -0.146. The van der Waals surface area contributed by atoms with Crippen LogP contribution in [-0.4, -0.2) is 24.5 Å². The smallest absolute Gasteiger partial charge is 0.330 e. The molecular formula is C12H15BrN2O3. The quantitative estimate of drug-likeness (QED) is 0.657. The second-order valence-electron chi connectivity index (χ2n) is 4.31. The van der Waals surface area contributed by atoms with Gasteiger partial charge in [-0.2, -0.15) is 0 Å². The standard InChI is InChI=1S/C12H15BrN2O3/c1-12(2,11(17)18-3)15-10(16)8-6-7(14)4-5-9(8)13/h4-6H,14H2,1-3H3,(H,15,16). The normalized spacial score (nSPS) is 10.9. The third-order valence-corrected chi connectivity index (χ3v) is 3.05. The Kier molecular flexibility index (Phi) is 4.34. The zero-order valence-corrected chi connectivity index (χ0v) is 12.0. The maximum absolute atomic E-state index is 12.0. The highest BCUT2D eigenvalue weighted by Gasteiger charge is 2.31. The molecule has 0 aromatic heterocycles. The van der Waals surface area contributed by atoms with Gasteiger partial charge in [-0.3, -0.25) is 4.79 Å². The summed E-state index contributed by atoms with van der Waals surface area (Å²) in [6.07, 6.45) is 0. The maximum atomic E-state index is 12.0. The number of methoxy groups -OCH3 is 1. The van der Waals surface area contributed by atoms with Crippen molar-refractivity contribution in [1.29, 1.82) is 0 Å². The van der Waals surface area contributed by atoms with E-state index in [4.69, 9.17) is 5.73 Å². The fraction of sp³-hybridized carbons (Fsp3) is 0.333. The molecule has 0 saturated heterocycles. The van der Waals surface area contributed by atoms with Gasteiger partial charge in [0.2, 0.25) is 0 Å². The monoisotopic (exact) mass is 314 g/mol. The van der Waals surface area contributed by atoms with Crippen molar-refractivity contribution < 1.29 is 14.3 Å². The van der Waals surface area contributed by atoms with Crippen molar-refractivity contribution in [3.05, 3.63) is 28.2 Å². The van der Waals surface area contributed by atoms with Crippen LogP contribution in [0.2, 0.25) is 0 Å². The molecule has 1 aromatic carbocycles. The Balaban J connectivity index is 2.95. The van der Waals surface area contributed by atoms with Crippen LogP contribution in [0.4, 0.5) is 5.69 Å². The van der Waals surface area contributed by atoms with Crippen molar-refractivity contribution in [3.63, 3.8) is 0 Å². The highest BCUT2D eigenvalue weighted by atomic mass is 79.9. The Bertz CT molecular complexity index is 486. The van der Waals surface area contributed by atoms with Crippen molar-refractivity contribution in [1.82, 2.24) is 5.32 Å². The minimum Gasteiger partial charge on any atom is -0.467 e. The highest BCUT2D eigenvalue weighted by Crippen LogP contribution is 2.20. The van der Waals surface area contributed by atoms with E-state index in [0.29, 0.717) is 15.7 Å². The van der Waals surface area contributed by atoms with Gasteiger partial charge in [-0.15, -0.1) is 0 Å². The molecule has 98 valence electrons. The molecule has 0 atom stereocenters. The molecule has 5 nitrogen and oxygen atoms in total. The number of carbonyl (C=O) groups excluding carboxylic acids is 2. The molecule has 1 rings (SSSR count). The van der Waals surface area contributed by atoms with E-state index in [1.165, 1.54) is 13.2 Å². The number of nitrogens with two attached hydrogens (primary N) is 1. The van der Waals surface area contributed by atoms with Crippen LogP contribution in [0.25, 0.3) is 0 Å². The SMILES string of the molecule is COC(=O)C(C)(C)NC(=O)c1cc(N)ccc1Br. The summed E-state index contributed by atoms with van der Waals surface area (Å²) < 4.78 is 5.22. The first kappa shape index (κ1) is 14.5. The van der Waals surface area contributed by atoms with Crippen LogP contribution in [0, 0.1) is 0 Å². The highest BCUT2D eigenvalue weighted by molar-refractivity contribution is 9.10. The van der Waals surface area contributed by atoms with Crippen LogP contribution in [0.1, 0.15) is 24.2 Å². The van der Waals surface area contributed by atoms with Gasteiger partial charge in [0, 0.05) is 10.2 Å². The van der Waals surface area contributed by atoms with Crippen LogP contribution in [0.3, 0.4) is 0 Å². The number of esters is 1. The molecule has 0 bridgehead atoms. The van der Waals surface area contributed by atoms with Crippen molar-refractivity contribution in [3.8, 4) is 0 Å². The third kappa shape index (κ3) is 3.22. The summed E-state index contributed by atoms with van der Waals surface area (Å²) in [7, 11) is 1.27. The van der Waals surface area contributed by atoms with Gasteiger partial charge in [0.05, 0.1) is 12.7 Å². The molecule has 3 N–H and O–H groups in total. The Morgan fingerprint density at radius 2 is 2.00 bits per heavy atom. The summed E-state index contributed by atoms with van der Waals surface area (Å²) in [4.78, 5) is 23.5. The molecule has 0 aliphatic rings. The van der Waals surface area contributed by atoms with Crippen molar-refractivity contribution >= 4 is 33.5 Å². The predicted molar refractivity (Wildman–Crippen MR) is 72.1 cm³/mol. The van der Waals surface area contributed by atoms with Gasteiger partial charge in [-0.1, -0.05) is 0 Å². The van der Waals surface area contributed by atoms with Crippen LogP contribution in [0.5, 0.6) is 0 Å². The molecule has 0 fully saturated rings. The summed E-state index contributed by atoms with van der Waals surface area (Å²) in [6, 6.07) is 4.88. The fourth-order valence-electron chi connectivity index (χ4n) is 1.37. The number of ether oxygens (including phenoxy) is 1. The first-order valence-corrected chi connectivity index (χ1v) is 6.03. The number of halogens is 1. The molecule has 18 heavy (non-hydrogen) atoms. The Hall–Kier alpha value is -1.56. The van der Waals surface area contributed by atoms with Gasteiger partial charge in [0.25, 0.3) is 5.91 Å². The Labute approximate surface area is 114 Å². The Morgan fingerprint density at radius 3 is 2.56 bits per heavy atom. The molecular weight excluding hydrogens is 300 g/mol. The first-order valence-electron chi connectivity index (χ1n) is 5.24. The van der Waals surface area contributed by atoms with Crippen LogP contribution in [-0.2, 0) is 9.53 Å². The Morgan fingerprint density at radius 1 is 1.39 bits per heavy atom. The largest absolute Gasteiger partial charge is 0.467 e. The van der Waals surface area contributed by atoms with Crippen LogP contribution < -0.4 is 11.1 Å². The second-order valence-corrected chi connectivity index (χ2v) is 5.16. The van der Waals surface area contributed by atoms with E-state index in [1.54, 1.807) is 26.0 Å². The summed E-state index contributed by atoms with van der Waals surface area (Å²) in [6.45, 7) is 3.13. The number of anilines is 1. The lowest BCUT2D eigenvalue weighted by atomic mass is 10.0. The minimum atomic E-state index is -1.10.